The average Bonchev–Trinajstić information content (AvgIpc) is 3.01. The third-order valence-corrected chi connectivity index (χ3v) is 3.96. The Morgan fingerprint density at radius 2 is 1.95 bits per heavy atom. The molecule has 2 N–H and O–H groups in total. The smallest absolute Gasteiger partial charge is 0.247 e. The minimum atomic E-state index is -0.477. The maximum Gasteiger partial charge on any atom is 0.247 e. The van der Waals surface area contributed by atoms with Crippen molar-refractivity contribution in [1.82, 2.24) is 5.32 Å². The van der Waals surface area contributed by atoms with E-state index in [-0.39, 0.29) is 17.7 Å². The van der Waals surface area contributed by atoms with E-state index in [0.717, 1.165) is 25.7 Å². The number of carbonyl (C=O) groups excluding carboxylic acids is 2. The van der Waals surface area contributed by atoms with E-state index in [2.05, 4.69) is 10.6 Å². The number of ether oxygens (including phenoxy) is 1. The van der Waals surface area contributed by atoms with E-state index < -0.39 is 6.04 Å². The van der Waals surface area contributed by atoms with Gasteiger partial charge in [0.2, 0.25) is 11.8 Å². The molecule has 1 aromatic carbocycles. The number of amides is 2. The fourth-order valence-corrected chi connectivity index (χ4v) is 2.97. The van der Waals surface area contributed by atoms with Gasteiger partial charge in [0.1, 0.15) is 11.8 Å². The number of hydrogen-bond acceptors (Lipinski definition) is 3. The van der Waals surface area contributed by atoms with Gasteiger partial charge in [0.25, 0.3) is 0 Å². The van der Waals surface area contributed by atoms with Crippen molar-refractivity contribution in [2.24, 2.45) is 5.92 Å². The van der Waals surface area contributed by atoms with Crippen molar-refractivity contribution >= 4 is 17.5 Å². The average molecular weight is 304 g/mol. The largest absolute Gasteiger partial charge is 0.492 e. The van der Waals surface area contributed by atoms with Crippen molar-refractivity contribution in [3.8, 4) is 5.75 Å². The molecule has 0 radical (unpaired) electrons. The van der Waals surface area contributed by atoms with Gasteiger partial charge in [-0.3, -0.25) is 9.59 Å². The monoisotopic (exact) mass is 304 g/mol. The van der Waals surface area contributed by atoms with E-state index >= 15 is 0 Å². The Kier molecular flexibility index (Phi) is 5.81. The highest BCUT2D eigenvalue weighted by molar-refractivity contribution is 5.98. The molecule has 0 aliphatic heterocycles. The summed E-state index contributed by atoms with van der Waals surface area (Å²) in [5.74, 6) is 0.508. The van der Waals surface area contributed by atoms with E-state index in [1.165, 1.54) is 6.92 Å². The molecule has 1 fully saturated rings. The molecule has 1 aliphatic carbocycles. The Hall–Kier alpha value is -2.04. The number of rotatable bonds is 6. The number of nitrogens with one attached hydrogen (secondary N) is 2. The van der Waals surface area contributed by atoms with Crippen molar-refractivity contribution in [3.63, 3.8) is 0 Å². The van der Waals surface area contributed by atoms with Gasteiger partial charge < -0.3 is 15.4 Å². The highest BCUT2D eigenvalue weighted by atomic mass is 16.5. The third-order valence-electron chi connectivity index (χ3n) is 3.96. The van der Waals surface area contributed by atoms with E-state index in [0.29, 0.717) is 18.0 Å². The summed E-state index contributed by atoms with van der Waals surface area (Å²) in [5, 5.41) is 5.70. The van der Waals surface area contributed by atoms with Crippen LogP contribution in [0.25, 0.3) is 0 Å². The van der Waals surface area contributed by atoms with Gasteiger partial charge in [-0.2, -0.15) is 0 Å². The van der Waals surface area contributed by atoms with Gasteiger partial charge in [-0.1, -0.05) is 25.0 Å². The summed E-state index contributed by atoms with van der Waals surface area (Å²) in [6.45, 7) is 3.88. The van der Waals surface area contributed by atoms with Gasteiger partial charge in [0.05, 0.1) is 12.3 Å². The first-order valence-electron chi connectivity index (χ1n) is 7.91. The Bertz CT molecular complexity index is 524. The summed E-state index contributed by atoms with van der Waals surface area (Å²) >= 11 is 0. The molecular formula is C17H24N2O3. The minimum Gasteiger partial charge on any atom is -0.492 e. The summed E-state index contributed by atoms with van der Waals surface area (Å²) < 4.78 is 5.52. The van der Waals surface area contributed by atoms with Gasteiger partial charge in [-0.05, 0) is 37.8 Å². The molecule has 1 aromatic rings. The highest BCUT2D eigenvalue weighted by Gasteiger charge is 2.31. The maximum atomic E-state index is 12.6. The van der Waals surface area contributed by atoms with Crippen LogP contribution in [-0.2, 0) is 9.59 Å². The Morgan fingerprint density at radius 3 is 2.59 bits per heavy atom. The molecule has 120 valence electrons. The third kappa shape index (κ3) is 4.23. The van der Waals surface area contributed by atoms with Gasteiger partial charge in [-0.25, -0.2) is 0 Å². The second-order valence-corrected chi connectivity index (χ2v) is 5.64. The van der Waals surface area contributed by atoms with Gasteiger partial charge >= 0.3 is 0 Å². The zero-order valence-electron chi connectivity index (χ0n) is 13.2. The number of benzene rings is 1. The minimum absolute atomic E-state index is 0.172. The number of hydrogen-bond donors (Lipinski definition) is 2. The van der Waals surface area contributed by atoms with Crippen molar-refractivity contribution in [2.45, 2.75) is 45.6 Å². The van der Waals surface area contributed by atoms with Crippen LogP contribution in [0.5, 0.6) is 5.75 Å². The first kappa shape index (κ1) is 16.3. The van der Waals surface area contributed by atoms with Crippen LogP contribution < -0.4 is 15.4 Å². The SMILES string of the molecule is CCOc1ccccc1NC(=O)[C@@H](NC(C)=O)C1CCCC1. The summed E-state index contributed by atoms with van der Waals surface area (Å²) in [6.07, 6.45) is 4.18. The summed E-state index contributed by atoms with van der Waals surface area (Å²) in [5.41, 5.74) is 0.641. The molecule has 2 rings (SSSR count). The van der Waals surface area contributed by atoms with Gasteiger partial charge in [-0.15, -0.1) is 0 Å². The highest BCUT2D eigenvalue weighted by Crippen LogP contribution is 2.29. The number of anilines is 1. The fourth-order valence-electron chi connectivity index (χ4n) is 2.97. The molecule has 2 amide bonds. The molecular weight excluding hydrogens is 280 g/mol. The van der Waals surface area contributed by atoms with Crippen molar-refractivity contribution in [2.75, 3.05) is 11.9 Å². The lowest BCUT2D eigenvalue weighted by Gasteiger charge is -2.23. The Balaban J connectivity index is 2.11. The molecule has 0 heterocycles. The first-order chi connectivity index (χ1) is 10.6. The zero-order chi connectivity index (χ0) is 15.9. The molecule has 0 spiro atoms. The molecule has 22 heavy (non-hydrogen) atoms. The van der Waals surface area contributed by atoms with Crippen molar-refractivity contribution in [3.05, 3.63) is 24.3 Å². The Labute approximate surface area is 131 Å². The van der Waals surface area contributed by atoms with Crippen molar-refractivity contribution in [1.29, 1.82) is 0 Å². The van der Waals surface area contributed by atoms with Crippen LogP contribution in [0.4, 0.5) is 5.69 Å². The fraction of sp³-hybridized carbons (Fsp3) is 0.529. The van der Waals surface area contributed by atoms with Crippen LogP contribution >= 0.6 is 0 Å². The topological polar surface area (TPSA) is 67.4 Å². The number of para-hydroxylation sites is 2. The predicted octanol–water partition coefficient (Wildman–Crippen LogP) is 2.72. The molecule has 0 saturated heterocycles. The predicted molar refractivity (Wildman–Crippen MR) is 85.8 cm³/mol. The summed E-state index contributed by atoms with van der Waals surface area (Å²) in [7, 11) is 0. The molecule has 5 heteroatoms. The molecule has 1 aliphatic rings. The van der Waals surface area contributed by atoms with E-state index in [9.17, 15) is 9.59 Å². The Morgan fingerprint density at radius 1 is 1.27 bits per heavy atom. The molecule has 0 bridgehead atoms. The molecule has 1 atom stereocenters. The van der Waals surface area contributed by atoms with E-state index in [4.69, 9.17) is 4.74 Å². The molecule has 0 aromatic heterocycles. The van der Waals surface area contributed by atoms with Crippen molar-refractivity contribution < 1.29 is 14.3 Å². The molecule has 0 unspecified atom stereocenters. The van der Waals surface area contributed by atoms with Crippen LogP contribution in [0.2, 0.25) is 0 Å². The quantitative estimate of drug-likeness (QED) is 0.849. The maximum absolute atomic E-state index is 12.6. The molecule has 1 saturated carbocycles. The lowest BCUT2D eigenvalue weighted by molar-refractivity contribution is -0.126. The summed E-state index contributed by atoms with van der Waals surface area (Å²) in [4.78, 5) is 24.0. The van der Waals surface area contributed by atoms with Crippen LogP contribution in [0.1, 0.15) is 39.5 Å². The van der Waals surface area contributed by atoms with Crippen LogP contribution in [0.3, 0.4) is 0 Å². The van der Waals surface area contributed by atoms with Crippen LogP contribution in [0, 0.1) is 5.92 Å². The lowest BCUT2D eigenvalue weighted by atomic mass is 9.97. The van der Waals surface area contributed by atoms with E-state index in [1.807, 2.05) is 31.2 Å². The van der Waals surface area contributed by atoms with Crippen LogP contribution in [-0.4, -0.2) is 24.5 Å². The first-order valence-corrected chi connectivity index (χ1v) is 7.91. The standard InChI is InChI=1S/C17H24N2O3/c1-3-22-15-11-7-6-10-14(15)19-17(21)16(18-12(2)20)13-8-4-5-9-13/h6-7,10-11,13,16H,3-5,8-9H2,1-2H3,(H,18,20)(H,19,21)/t16-/m0/s1. The summed E-state index contributed by atoms with van der Waals surface area (Å²) in [6, 6.07) is 6.86. The second kappa shape index (κ2) is 7.82. The number of carbonyl (C=O) groups is 2. The lowest BCUT2D eigenvalue weighted by Crippen LogP contribution is -2.47. The van der Waals surface area contributed by atoms with E-state index in [1.54, 1.807) is 0 Å². The van der Waals surface area contributed by atoms with Gasteiger partial charge in [0.15, 0.2) is 0 Å². The van der Waals surface area contributed by atoms with Gasteiger partial charge in [0, 0.05) is 6.92 Å². The normalized spacial score (nSPS) is 16.1. The second-order valence-electron chi connectivity index (χ2n) is 5.64. The zero-order valence-corrected chi connectivity index (χ0v) is 13.2. The molecule has 5 nitrogen and oxygen atoms in total. The van der Waals surface area contributed by atoms with Crippen LogP contribution in [0.15, 0.2) is 24.3 Å².